The molecule has 3 aromatic rings. The highest BCUT2D eigenvalue weighted by Crippen LogP contribution is 2.20. The zero-order valence-corrected chi connectivity index (χ0v) is 17.6. The van der Waals surface area contributed by atoms with Gasteiger partial charge in [0.15, 0.2) is 0 Å². The number of hydrogen-bond acceptors (Lipinski definition) is 5. The predicted octanol–water partition coefficient (Wildman–Crippen LogP) is 4.71. The third-order valence-corrected chi connectivity index (χ3v) is 4.81. The van der Waals surface area contributed by atoms with Crippen LogP contribution in [0.5, 0.6) is 11.5 Å². The van der Waals surface area contributed by atoms with Gasteiger partial charge < -0.3 is 18.9 Å². The largest absolute Gasteiger partial charge is 0.497 e. The summed E-state index contributed by atoms with van der Waals surface area (Å²) in [5, 5.41) is 3.94. The van der Waals surface area contributed by atoms with E-state index in [1.807, 2.05) is 50.2 Å². The molecule has 0 spiro atoms. The lowest BCUT2D eigenvalue weighted by Crippen LogP contribution is -2.30. The van der Waals surface area contributed by atoms with Crippen molar-refractivity contribution >= 4 is 5.91 Å². The molecule has 0 radical (unpaired) electrons. The van der Waals surface area contributed by atoms with Gasteiger partial charge in [0, 0.05) is 18.7 Å². The highest BCUT2D eigenvalue weighted by atomic mass is 16.5. The molecule has 0 saturated carbocycles. The number of carbonyl (C=O) groups excluding carboxylic acids is 1. The number of carbonyl (C=O) groups is 1. The van der Waals surface area contributed by atoms with Gasteiger partial charge in [0.05, 0.1) is 18.4 Å². The van der Waals surface area contributed by atoms with Crippen molar-refractivity contribution in [3.8, 4) is 11.5 Å². The molecule has 0 aliphatic carbocycles. The minimum absolute atomic E-state index is 0.0893. The van der Waals surface area contributed by atoms with E-state index >= 15 is 0 Å². The molecule has 0 fully saturated rings. The van der Waals surface area contributed by atoms with Crippen LogP contribution in [0.4, 0.5) is 0 Å². The van der Waals surface area contributed by atoms with Gasteiger partial charge in [-0.3, -0.25) is 4.79 Å². The Morgan fingerprint density at radius 2 is 1.93 bits per heavy atom. The van der Waals surface area contributed by atoms with Crippen molar-refractivity contribution < 1.29 is 18.8 Å². The van der Waals surface area contributed by atoms with Crippen LogP contribution in [0.2, 0.25) is 0 Å². The lowest BCUT2D eigenvalue weighted by molar-refractivity contribution is 0.0762. The summed E-state index contributed by atoms with van der Waals surface area (Å²) in [5.74, 6) is 2.04. The molecular weight excluding hydrogens is 380 g/mol. The highest BCUT2D eigenvalue weighted by molar-refractivity contribution is 5.94. The topological polar surface area (TPSA) is 64.8 Å². The summed E-state index contributed by atoms with van der Waals surface area (Å²) < 4.78 is 16.2. The van der Waals surface area contributed by atoms with Gasteiger partial charge >= 0.3 is 0 Å². The zero-order chi connectivity index (χ0) is 21.5. The molecule has 0 unspecified atom stereocenters. The van der Waals surface area contributed by atoms with Gasteiger partial charge in [-0.25, -0.2) is 0 Å². The standard InChI is InChI=1S/C24H26N2O4/c1-5-13-26(15-19-9-11-21(28-4)12-10-19)24(27)20-7-6-8-22(14-20)29-16-23-17(2)25-30-18(23)3/h5-12,14H,1,13,15-16H2,2-4H3. The van der Waals surface area contributed by atoms with Gasteiger partial charge in [0.2, 0.25) is 0 Å². The molecule has 3 rings (SSSR count). The molecule has 156 valence electrons. The van der Waals surface area contributed by atoms with Gasteiger partial charge in [-0.15, -0.1) is 6.58 Å². The molecule has 0 aliphatic heterocycles. The van der Waals surface area contributed by atoms with Gasteiger partial charge in [0.25, 0.3) is 5.91 Å². The fourth-order valence-corrected chi connectivity index (χ4v) is 3.09. The zero-order valence-electron chi connectivity index (χ0n) is 17.6. The molecule has 0 atom stereocenters. The summed E-state index contributed by atoms with van der Waals surface area (Å²) >= 11 is 0. The van der Waals surface area contributed by atoms with Crippen LogP contribution in [0.15, 0.2) is 65.7 Å². The monoisotopic (exact) mass is 406 g/mol. The van der Waals surface area contributed by atoms with Crippen molar-refractivity contribution in [1.82, 2.24) is 10.1 Å². The van der Waals surface area contributed by atoms with Crippen LogP contribution in [-0.4, -0.2) is 29.6 Å². The van der Waals surface area contributed by atoms with E-state index in [2.05, 4.69) is 11.7 Å². The van der Waals surface area contributed by atoms with E-state index in [1.54, 1.807) is 30.2 Å². The average molecular weight is 406 g/mol. The van der Waals surface area contributed by atoms with Crippen LogP contribution < -0.4 is 9.47 Å². The van der Waals surface area contributed by atoms with Gasteiger partial charge in [0.1, 0.15) is 23.9 Å². The molecule has 2 aromatic carbocycles. The normalized spacial score (nSPS) is 10.5. The number of methoxy groups -OCH3 is 1. The van der Waals surface area contributed by atoms with Crippen LogP contribution in [0.25, 0.3) is 0 Å². The average Bonchev–Trinajstić information content (AvgIpc) is 3.09. The highest BCUT2D eigenvalue weighted by Gasteiger charge is 2.16. The molecule has 0 N–H and O–H groups in total. The van der Waals surface area contributed by atoms with Gasteiger partial charge in [-0.05, 0) is 49.7 Å². The molecule has 1 aromatic heterocycles. The molecule has 0 saturated heterocycles. The SMILES string of the molecule is C=CCN(Cc1ccc(OC)cc1)C(=O)c1cccc(OCc2c(C)noc2C)c1. The third kappa shape index (κ3) is 5.08. The minimum Gasteiger partial charge on any atom is -0.497 e. The van der Waals surface area contributed by atoms with E-state index in [0.717, 1.165) is 28.3 Å². The number of benzene rings is 2. The first-order valence-electron chi connectivity index (χ1n) is 9.69. The summed E-state index contributed by atoms with van der Waals surface area (Å²) in [6.45, 7) is 8.76. The van der Waals surface area contributed by atoms with Crippen LogP contribution in [-0.2, 0) is 13.2 Å². The molecule has 0 bridgehead atoms. The summed E-state index contributed by atoms with van der Waals surface area (Å²) in [5.41, 5.74) is 3.29. The first-order chi connectivity index (χ1) is 14.5. The van der Waals surface area contributed by atoms with Crippen LogP contribution in [0.3, 0.4) is 0 Å². The predicted molar refractivity (Wildman–Crippen MR) is 115 cm³/mol. The molecule has 30 heavy (non-hydrogen) atoms. The summed E-state index contributed by atoms with van der Waals surface area (Å²) in [7, 11) is 1.63. The molecule has 6 nitrogen and oxygen atoms in total. The number of aromatic nitrogens is 1. The van der Waals surface area contributed by atoms with Crippen molar-refractivity contribution in [2.24, 2.45) is 0 Å². The van der Waals surface area contributed by atoms with Crippen LogP contribution >= 0.6 is 0 Å². The van der Waals surface area contributed by atoms with Gasteiger partial charge in [-0.2, -0.15) is 0 Å². The number of aryl methyl sites for hydroxylation is 2. The second-order valence-electron chi connectivity index (χ2n) is 6.94. The molecule has 0 aliphatic rings. The Kier molecular flexibility index (Phi) is 6.91. The first-order valence-corrected chi connectivity index (χ1v) is 9.69. The number of nitrogens with zero attached hydrogens (tertiary/aromatic N) is 2. The van der Waals surface area contributed by atoms with Gasteiger partial charge in [-0.1, -0.05) is 29.4 Å². The number of hydrogen-bond donors (Lipinski definition) is 0. The summed E-state index contributed by atoms with van der Waals surface area (Å²) in [6, 6.07) is 14.9. The summed E-state index contributed by atoms with van der Waals surface area (Å²) in [4.78, 5) is 14.9. The fourth-order valence-electron chi connectivity index (χ4n) is 3.09. The second-order valence-corrected chi connectivity index (χ2v) is 6.94. The van der Waals surface area contributed by atoms with E-state index in [1.165, 1.54) is 0 Å². The Morgan fingerprint density at radius 1 is 1.17 bits per heavy atom. The van der Waals surface area contributed by atoms with Crippen molar-refractivity contribution in [3.05, 3.63) is 89.3 Å². The van der Waals surface area contributed by atoms with Crippen molar-refractivity contribution in [2.45, 2.75) is 27.0 Å². The van der Waals surface area contributed by atoms with Crippen molar-refractivity contribution in [3.63, 3.8) is 0 Å². The summed E-state index contributed by atoms with van der Waals surface area (Å²) in [6.07, 6.45) is 1.72. The first kappa shape index (κ1) is 21.2. The Labute approximate surface area is 176 Å². The van der Waals surface area contributed by atoms with E-state index < -0.39 is 0 Å². The van der Waals surface area contributed by atoms with E-state index in [-0.39, 0.29) is 5.91 Å². The Bertz CT molecular complexity index is 989. The molecule has 1 heterocycles. The van der Waals surface area contributed by atoms with Crippen LogP contribution in [0.1, 0.15) is 32.9 Å². The molecule has 1 amide bonds. The Balaban J connectivity index is 1.72. The van der Waals surface area contributed by atoms with Crippen molar-refractivity contribution in [1.29, 1.82) is 0 Å². The number of rotatable bonds is 9. The lowest BCUT2D eigenvalue weighted by Gasteiger charge is -2.22. The molecular formula is C24H26N2O4. The Morgan fingerprint density at radius 3 is 2.57 bits per heavy atom. The third-order valence-electron chi connectivity index (χ3n) is 4.81. The van der Waals surface area contributed by atoms with E-state index in [4.69, 9.17) is 14.0 Å². The fraction of sp³-hybridized carbons (Fsp3) is 0.250. The maximum absolute atomic E-state index is 13.1. The number of amides is 1. The minimum atomic E-state index is -0.0893. The van der Waals surface area contributed by atoms with Crippen LogP contribution in [0, 0.1) is 13.8 Å². The van der Waals surface area contributed by atoms with Crippen molar-refractivity contribution in [2.75, 3.05) is 13.7 Å². The maximum Gasteiger partial charge on any atom is 0.254 e. The van der Waals surface area contributed by atoms with E-state index in [9.17, 15) is 4.79 Å². The number of ether oxygens (including phenoxy) is 2. The second kappa shape index (κ2) is 9.78. The lowest BCUT2D eigenvalue weighted by atomic mass is 10.1. The Hall–Kier alpha value is -3.54. The molecule has 6 heteroatoms. The quantitative estimate of drug-likeness (QED) is 0.482. The van der Waals surface area contributed by atoms with E-state index in [0.29, 0.717) is 31.0 Å². The maximum atomic E-state index is 13.1. The smallest absolute Gasteiger partial charge is 0.254 e.